The molecule has 0 atom stereocenters. The Bertz CT molecular complexity index is 1230. The van der Waals surface area contributed by atoms with Gasteiger partial charge >= 0.3 is 6.09 Å². The van der Waals surface area contributed by atoms with Gasteiger partial charge in [0.05, 0.1) is 18.5 Å². The number of anilines is 1. The monoisotopic (exact) mass is 447 g/mol. The Morgan fingerprint density at radius 2 is 1.72 bits per heavy atom. The lowest BCUT2D eigenvalue weighted by Crippen LogP contribution is -2.51. The van der Waals surface area contributed by atoms with Crippen LogP contribution in [0.15, 0.2) is 66.4 Å². The summed E-state index contributed by atoms with van der Waals surface area (Å²) in [5.74, 6) is -1.18. The van der Waals surface area contributed by atoms with Crippen LogP contribution in [-0.2, 0) is 14.3 Å². The second-order valence-corrected chi connectivity index (χ2v) is 7.11. The van der Waals surface area contributed by atoms with Crippen molar-refractivity contribution in [1.29, 1.82) is 0 Å². The van der Waals surface area contributed by atoms with E-state index in [9.17, 15) is 14.4 Å². The highest BCUT2D eigenvalue weighted by Crippen LogP contribution is 2.27. The van der Waals surface area contributed by atoms with Crippen molar-refractivity contribution >= 4 is 47.0 Å². The van der Waals surface area contributed by atoms with Gasteiger partial charge in [-0.1, -0.05) is 30.3 Å². The highest BCUT2D eigenvalue weighted by atomic mass is 32.1. The van der Waals surface area contributed by atoms with Gasteiger partial charge in [-0.15, -0.1) is 0 Å². The van der Waals surface area contributed by atoms with E-state index < -0.39 is 17.9 Å². The predicted octanol–water partition coefficient (Wildman–Crippen LogP) is 2.63. The number of thiocarbonyl (C=S) groups is 1. The maximum absolute atomic E-state index is 12.3. The fourth-order valence-corrected chi connectivity index (χ4v) is 3.26. The Morgan fingerprint density at radius 1 is 1.06 bits per heavy atom. The second-order valence-electron chi connectivity index (χ2n) is 6.70. The fourth-order valence-electron chi connectivity index (χ4n) is 3.07. The first-order chi connectivity index (χ1) is 15.4. The quantitative estimate of drug-likeness (QED) is 0.322. The molecule has 3 aromatic rings. The normalized spacial score (nSPS) is 13.3. The van der Waals surface area contributed by atoms with E-state index in [0.717, 1.165) is 5.69 Å². The molecular formula is C22H17N5O4S. The molecule has 160 valence electrons. The van der Waals surface area contributed by atoms with Gasteiger partial charge < -0.3 is 4.74 Å². The average molecular weight is 447 g/mol. The van der Waals surface area contributed by atoms with Gasteiger partial charge in [0.25, 0.3) is 11.8 Å². The standard InChI is InChI=1S/C22H17N5O4S/c1-31-22(30)23-15-9-7-13(8-10-15)18-14(11-17-19(28)24-21(32)25-20(17)29)12-27(26-18)16-5-3-2-4-6-16/h2-12H,1H3,(H,23,30)(H2,24,25,28,29,32). The molecule has 0 spiro atoms. The summed E-state index contributed by atoms with van der Waals surface area (Å²) in [5, 5.41) is 12.0. The average Bonchev–Trinajstić information content (AvgIpc) is 3.21. The van der Waals surface area contributed by atoms with Gasteiger partial charge in [0.1, 0.15) is 5.57 Å². The highest BCUT2D eigenvalue weighted by Gasteiger charge is 2.26. The smallest absolute Gasteiger partial charge is 0.411 e. The van der Waals surface area contributed by atoms with E-state index in [1.807, 2.05) is 30.3 Å². The number of nitrogens with one attached hydrogen (secondary N) is 3. The fraction of sp³-hybridized carbons (Fsp3) is 0.0455. The Morgan fingerprint density at radius 3 is 2.34 bits per heavy atom. The van der Waals surface area contributed by atoms with Crippen LogP contribution in [0.4, 0.5) is 10.5 Å². The second kappa shape index (κ2) is 8.82. The zero-order valence-corrected chi connectivity index (χ0v) is 17.6. The maximum atomic E-state index is 12.3. The minimum absolute atomic E-state index is 0.0361. The third-order valence-electron chi connectivity index (χ3n) is 4.60. The van der Waals surface area contributed by atoms with E-state index in [1.165, 1.54) is 13.2 Å². The number of aromatic nitrogens is 2. The molecular weight excluding hydrogens is 430 g/mol. The van der Waals surface area contributed by atoms with E-state index >= 15 is 0 Å². The number of carbonyl (C=O) groups is 3. The van der Waals surface area contributed by atoms with Crippen molar-refractivity contribution in [2.45, 2.75) is 0 Å². The Labute approximate surface area is 188 Å². The third-order valence-corrected chi connectivity index (χ3v) is 4.80. The van der Waals surface area contributed by atoms with Crippen LogP contribution in [0.25, 0.3) is 23.0 Å². The van der Waals surface area contributed by atoms with E-state index in [0.29, 0.717) is 22.5 Å². The Kier molecular flexibility index (Phi) is 5.77. The van der Waals surface area contributed by atoms with Gasteiger partial charge in [-0.3, -0.25) is 25.5 Å². The highest BCUT2D eigenvalue weighted by molar-refractivity contribution is 7.80. The molecule has 2 heterocycles. The minimum Gasteiger partial charge on any atom is -0.453 e. The molecule has 1 fully saturated rings. The van der Waals surface area contributed by atoms with E-state index in [-0.39, 0.29) is 10.7 Å². The molecule has 1 aromatic heterocycles. The largest absolute Gasteiger partial charge is 0.453 e. The topological polar surface area (TPSA) is 114 Å². The zero-order valence-electron chi connectivity index (χ0n) is 16.8. The van der Waals surface area contributed by atoms with Crippen molar-refractivity contribution in [2.24, 2.45) is 0 Å². The lowest BCUT2D eigenvalue weighted by atomic mass is 10.0. The number of benzene rings is 2. The van der Waals surface area contributed by atoms with Gasteiger partial charge in [0.2, 0.25) is 0 Å². The summed E-state index contributed by atoms with van der Waals surface area (Å²) in [6.07, 6.45) is 2.62. The zero-order chi connectivity index (χ0) is 22.7. The summed E-state index contributed by atoms with van der Waals surface area (Å²) >= 11 is 4.85. The summed E-state index contributed by atoms with van der Waals surface area (Å²) in [7, 11) is 1.28. The van der Waals surface area contributed by atoms with Crippen LogP contribution in [0, 0.1) is 0 Å². The molecule has 4 rings (SSSR count). The van der Waals surface area contributed by atoms with Crippen molar-refractivity contribution < 1.29 is 19.1 Å². The molecule has 3 N–H and O–H groups in total. The number of methoxy groups -OCH3 is 1. The molecule has 2 aromatic carbocycles. The van der Waals surface area contributed by atoms with Crippen molar-refractivity contribution in [2.75, 3.05) is 12.4 Å². The van der Waals surface area contributed by atoms with Gasteiger partial charge in [0, 0.05) is 23.0 Å². The molecule has 32 heavy (non-hydrogen) atoms. The van der Waals surface area contributed by atoms with Crippen LogP contribution in [0.3, 0.4) is 0 Å². The number of amides is 3. The molecule has 9 nitrogen and oxygen atoms in total. The molecule has 10 heteroatoms. The number of rotatable bonds is 4. The first-order valence-electron chi connectivity index (χ1n) is 9.43. The molecule has 0 bridgehead atoms. The number of ether oxygens (including phenoxy) is 1. The van der Waals surface area contributed by atoms with E-state index in [4.69, 9.17) is 12.2 Å². The van der Waals surface area contributed by atoms with Crippen molar-refractivity contribution in [3.8, 4) is 16.9 Å². The Balaban J connectivity index is 1.77. The summed E-state index contributed by atoms with van der Waals surface area (Å²) < 4.78 is 6.25. The first kappa shape index (κ1) is 20.9. The lowest BCUT2D eigenvalue weighted by molar-refractivity contribution is -0.123. The molecule has 1 saturated heterocycles. The molecule has 1 aliphatic rings. The van der Waals surface area contributed by atoms with Crippen LogP contribution >= 0.6 is 12.2 Å². The minimum atomic E-state index is -0.588. The number of para-hydroxylation sites is 1. The molecule has 0 saturated carbocycles. The summed E-state index contributed by atoms with van der Waals surface area (Å²) in [5.41, 5.74) is 3.07. The summed E-state index contributed by atoms with van der Waals surface area (Å²) in [4.78, 5) is 36.0. The maximum Gasteiger partial charge on any atom is 0.411 e. The number of carbonyl (C=O) groups excluding carboxylic acids is 3. The molecule has 0 radical (unpaired) electrons. The SMILES string of the molecule is COC(=O)Nc1ccc(-c2nn(-c3ccccc3)cc2C=C2C(=O)NC(=S)NC2=O)cc1. The van der Waals surface area contributed by atoms with Gasteiger partial charge in [0.15, 0.2) is 5.11 Å². The Hall–Kier alpha value is -4.31. The van der Waals surface area contributed by atoms with Crippen LogP contribution in [0.2, 0.25) is 0 Å². The first-order valence-corrected chi connectivity index (χ1v) is 9.84. The lowest BCUT2D eigenvalue weighted by Gasteiger charge is -2.16. The number of nitrogens with zero attached hydrogens (tertiary/aromatic N) is 2. The summed E-state index contributed by atoms with van der Waals surface area (Å²) in [6, 6.07) is 16.3. The third kappa shape index (κ3) is 4.40. The molecule has 1 aliphatic heterocycles. The molecule has 0 unspecified atom stereocenters. The van der Waals surface area contributed by atoms with Crippen LogP contribution in [0.5, 0.6) is 0 Å². The van der Waals surface area contributed by atoms with Gasteiger partial charge in [-0.25, -0.2) is 9.48 Å². The van der Waals surface area contributed by atoms with E-state index in [2.05, 4.69) is 25.8 Å². The number of hydrogen-bond donors (Lipinski definition) is 3. The van der Waals surface area contributed by atoms with E-state index in [1.54, 1.807) is 35.1 Å². The van der Waals surface area contributed by atoms with Crippen LogP contribution in [-0.4, -0.2) is 39.9 Å². The molecule has 0 aliphatic carbocycles. The van der Waals surface area contributed by atoms with Gasteiger partial charge in [-0.05, 0) is 42.6 Å². The van der Waals surface area contributed by atoms with Crippen molar-refractivity contribution in [3.63, 3.8) is 0 Å². The number of hydrogen-bond acceptors (Lipinski definition) is 6. The predicted molar refractivity (Wildman–Crippen MR) is 122 cm³/mol. The molecule has 3 amide bonds. The van der Waals surface area contributed by atoms with Crippen LogP contribution < -0.4 is 16.0 Å². The van der Waals surface area contributed by atoms with Gasteiger partial charge in [-0.2, -0.15) is 5.10 Å². The summed E-state index contributed by atoms with van der Waals surface area (Å²) in [6.45, 7) is 0. The van der Waals surface area contributed by atoms with Crippen molar-refractivity contribution in [3.05, 3.63) is 71.9 Å². The van der Waals surface area contributed by atoms with Crippen LogP contribution in [0.1, 0.15) is 5.56 Å². The van der Waals surface area contributed by atoms with Crippen molar-refractivity contribution in [1.82, 2.24) is 20.4 Å².